The first-order valence-corrected chi connectivity index (χ1v) is 5.68. The summed E-state index contributed by atoms with van der Waals surface area (Å²) in [5, 5.41) is 0.568. The van der Waals surface area contributed by atoms with Crippen LogP contribution in [0.3, 0.4) is 0 Å². The van der Waals surface area contributed by atoms with E-state index in [-0.39, 0.29) is 0 Å². The van der Waals surface area contributed by atoms with Crippen LogP contribution >= 0.6 is 11.6 Å². The van der Waals surface area contributed by atoms with Crippen LogP contribution in [0.1, 0.15) is 30.2 Å². The molecule has 1 aliphatic carbocycles. The molecule has 0 N–H and O–H groups in total. The highest BCUT2D eigenvalue weighted by atomic mass is 35.5. The highest BCUT2D eigenvalue weighted by Crippen LogP contribution is 2.41. The number of aromatic nitrogens is 1. The minimum atomic E-state index is 0.320. The van der Waals surface area contributed by atoms with E-state index < -0.39 is 0 Å². The summed E-state index contributed by atoms with van der Waals surface area (Å²) in [4.78, 5) is 14.9. The van der Waals surface area contributed by atoms with Crippen molar-refractivity contribution in [3.8, 4) is 0 Å². The van der Waals surface area contributed by atoms with Gasteiger partial charge in [-0.15, -0.1) is 0 Å². The zero-order chi connectivity index (χ0) is 11.1. The zero-order valence-corrected chi connectivity index (χ0v) is 9.33. The van der Waals surface area contributed by atoms with E-state index in [1.807, 2.05) is 6.07 Å². The maximum Gasteiger partial charge on any atom is 0.198 e. The lowest BCUT2D eigenvalue weighted by Gasteiger charge is -1.97. The van der Waals surface area contributed by atoms with Gasteiger partial charge in [0.25, 0.3) is 0 Å². The normalized spacial score (nSPS) is 15.6. The smallest absolute Gasteiger partial charge is 0.198 e. The standard InChI is InChI=1S/C12H10ClNO2/c13-9-6-11-10(5-8(9)3-4-15)14-12(16-11)7-1-2-7/h4-7H,1-3H2. The molecule has 4 heteroatoms. The van der Waals surface area contributed by atoms with Crippen LogP contribution in [-0.4, -0.2) is 11.3 Å². The number of hydrogen-bond donors (Lipinski definition) is 0. The summed E-state index contributed by atoms with van der Waals surface area (Å²) in [7, 11) is 0. The molecule has 0 spiro atoms. The molecule has 1 aliphatic rings. The first kappa shape index (κ1) is 9.85. The van der Waals surface area contributed by atoms with Gasteiger partial charge in [-0.3, -0.25) is 0 Å². The molecule has 82 valence electrons. The number of oxazole rings is 1. The zero-order valence-electron chi connectivity index (χ0n) is 8.57. The van der Waals surface area contributed by atoms with Crippen LogP contribution < -0.4 is 0 Å². The molecule has 1 fully saturated rings. The van der Waals surface area contributed by atoms with E-state index >= 15 is 0 Å². The predicted octanol–water partition coefficient (Wildman–Crippen LogP) is 3.10. The van der Waals surface area contributed by atoms with Crippen molar-refractivity contribution < 1.29 is 9.21 Å². The van der Waals surface area contributed by atoms with Crippen molar-refractivity contribution in [2.45, 2.75) is 25.2 Å². The molecule has 1 saturated carbocycles. The lowest BCUT2D eigenvalue weighted by atomic mass is 10.1. The highest BCUT2D eigenvalue weighted by molar-refractivity contribution is 6.32. The topological polar surface area (TPSA) is 43.1 Å². The second-order valence-electron chi connectivity index (χ2n) is 4.11. The van der Waals surface area contributed by atoms with E-state index in [0.717, 1.165) is 36.1 Å². The van der Waals surface area contributed by atoms with Gasteiger partial charge >= 0.3 is 0 Å². The van der Waals surface area contributed by atoms with E-state index in [9.17, 15) is 4.79 Å². The average molecular weight is 236 g/mol. The molecule has 2 aromatic rings. The molecule has 16 heavy (non-hydrogen) atoms. The van der Waals surface area contributed by atoms with E-state index in [1.54, 1.807) is 6.07 Å². The number of nitrogens with zero attached hydrogens (tertiary/aromatic N) is 1. The largest absolute Gasteiger partial charge is 0.440 e. The first-order valence-electron chi connectivity index (χ1n) is 5.30. The highest BCUT2D eigenvalue weighted by Gasteiger charge is 2.29. The average Bonchev–Trinajstić information content (AvgIpc) is 3.02. The Kier molecular flexibility index (Phi) is 2.21. The minimum Gasteiger partial charge on any atom is -0.440 e. The van der Waals surface area contributed by atoms with Gasteiger partial charge in [-0.05, 0) is 24.5 Å². The number of halogens is 1. The van der Waals surface area contributed by atoms with Crippen LogP contribution in [0.5, 0.6) is 0 Å². The van der Waals surface area contributed by atoms with Crippen molar-refractivity contribution in [1.29, 1.82) is 0 Å². The van der Waals surface area contributed by atoms with Crippen molar-refractivity contribution >= 4 is 29.0 Å². The minimum absolute atomic E-state index is 0.320. The first-order chi connectivity index (χ1) is 7.78. The number of hydrogen-bond acceptors (Lipinski definition) is 3. The Hall–Kier alpha value is -1.35. The Morgan fingerprint density at radius 2 is 2.31 bits per heavy atom. The molecule has 0 saturated heterocycles. The molecule has 0 unspecified atom stereocenters. The van der Waals surface area contributed by atoms with E-state index in [4.69, 9.17) is 16.0 Å². The fraction of sp³-hybridized carbons (Fsp3) is 0.333. The summed E-state index contributed by atoms with van der Waals surface area (Å²) < 4.78 is 5.62. The fourth-order valence-electron chi connectivity index (χ4n) is 1.76. The molecule has 1 heterocycles. The molecule has 3 rings (SSSR count). The van der Waals surface area contributed by atoms with Crippen molar-refractivity contribution in [3.05, 3.63) is 28.6 Å². The predicted molar refractivity (Wildman–Crippen MR) is 60.8 cm³/mol. The molecule has 1 aromatic carbocycles. The van der Waals surface area contributed by atoms with Crippen molar-refractivity contribution in [2.75, 3.05) is 0 Å². The Morgan fingerprint density at radius 3 is 3.00 bits per heavy atom. The summed E-state index contributed by atoms with van der Waals surface area (Å²) >= 11 is 6.04. The van der Waals surface area contributed by atoms with Gasteiger partial charge in [-0.25, -0.2) is 4.98 Å². The summed E-state index contributed by atoms with van der Waals surface area (Å²) in [6.07, 6.45) is 3.47. The van der Waals surface area contributed by atoms with Crippen LogP contribution in [0.4, 0.5) is 0 Å². The number of rotatable bonds is 3. The van der Waals surface area contributed by atoms with Gasteiger partial charge in [0.1, 0.15) is 11.8 Å². The van der Waals surface area contributed by atoms with E-state index in [0.29, 0.717) is 22.9 Å². The lowest BCUT2D eigenvalue weighted by Crippen LogP contribution is -1.87. The maximum atomic E-state index is 10.5. The van der Waals surface area contributed by atoms with Gasteiger partial charge in [0.15, 0.2) is 11.5 Å². The molecule has 0 aliphatic heterocycles. The number of carbonyl (C=O) groups is 1. The van der Waals surface area contributed by atoms with Crippen LogP contribution in [0, 0.1) is 0 Å². The van der Waals surface area contributed by atoms with Crippen LogP contribution in [0.2, 0.25) is 5.02 Å². The van der Waals surface area contributed by atoms with Gasteiger partial charge in [0.05, 0.1) is 0 Å². The third kappa shape index (κ3) is 1.61. The van der Waals surface area contributed by atoms with Gasteiger partial charge in [-0.2, -0.15) is 0 Å². The Balaban J connectivity index is 2.11. The molecule has 1 aromatic heterocycles. The maximum absolute atomic E-state index is 10.5. The monoisotopic (exact) mass is 235 g/mol. The quantitative estimate of drug-likeness (QED) is 0.768. The Bertz CT molecular complexity index is 557. The van der Waals surface area contributed by atoms with Crippen molar-refractivity contribution in [1.82, 2.24) is 4.98 Å². The van der Waals surface area contributed by atoms with Crippen LogP contribution in [0.15, 0.2) is 16.5 Å². The number of carbonyl (C=O) groups excluding carboxylic acids is 1. The molecular weight excluding hydrogens is 226 g/mol. The number of fused-ring (bicyclic) bond motifs is 1. The summed E-state index contributed by atoms with van der Waals surface area (Å²) in [5.74, 6) is 1.29. The Morgan fingerprint density at radius 1 is 1.50 bits per heavy atom. The summed E-state index contributed by atoms with van der Waals surface area (Å²) in [6.45, 7) is 0. The lowest BCUT2D eigenvalue weighted by molar-refractivity contribution is -0.107. The second-order valence-corrected chi connectivity index (χ2v) is 4.52. The number of benzene rings is 1. The molecule has 0 radical (unpaired) electrons. The van der Waals surface area contributed by atoms with Crippen LogP contribution in [-0.2, 0) is 11.2 Å². The van der Waals surface area contributed by atoms with E-state index in [1.165, 1.54) is 0 Å². The fourth-order valence-corrected chi connectivity index (χ4v) is 1.99. The SMILES string of the molecule is O=CCc1cc2nc(C3CC3)oc2cc1Cl. The van der Waals surface area contributed by atoms with Gasteiger partial charge < -0.3 is 9.21 Å². The summed E-state index contributed by atoms with van der Waals surface area (Å²) in [6, 6.07) is 3.58. The van der Waals surface area contributed by atoms with Gasteiger partial charge in [0, 0.05) is 23.4 Å². The third-order valence-corrected chi connectivity index (χ3v) is 3.15. The second kappa shape index (κ2) is 3.59. The third-order valence-electron chi connectivity index (χ3n) is 2.80. The van der Waals surface area contributed by atoms with Gasteiger partial charge in [0.2, 0.25) is 0 Å². The number of aldehydes is 1. The molecule has 0 bridgehead atoms. The molecule has 0 amide bonds. The van der Waals surface area contributed by atoms with Crippen molar-refractivity contribution in [3.63, 3.8) is 0 Å². The van der Waals surface area contributed by atoms with Gasteiger partial charge in [-0.1, -0.05) is 11.6 Å². The Labute approximate surface area is 97.4 Å². The molecule has 0 atom stereocenters. The van der Waals surface area contributed by atoms with Crippen LogP contribution in [0.25, 0.3) is 11.1 Å². The molecule has 3 nitrogen and oxygen atoms in total. The van der Waals surface area contributed by atoms with Crippen molar-refractivity contribution in [2.24, 2.45) is 0 Å². The molecular formula is C12H10ClNO2. The summed E-state index contributed by atoms with van der Waals surface area (Å²) in [5.41, 5.74) is 2.31. The van der Waals surface area contributed by atoms with E-state index in [2.05, 4.69) is 4.98 Å².